The van der Waals surface area contributed by atoms with Crippen LogP contribution in [0.1, 0.15) is 28.4 Å². The van der Waals surface area contributed by atoms with Crippen molar-refractivity contribution in [2.45, 2.75) is 19.9 Å². The van der Waals surface area contributed by atoms with E-state index in [-0.39, 0.29) is 12.5 Å². The first kappa shape index (κ1) is 25.1. The van der Waals surface area contributed by atoms with Gasteiger partial charge in [0.2, 0.25) is 10.0 Å². The Morgan fingerprint density at radius 2 is 1.59 bits per heavy atom. The Kier molecular flexibility index (Phi) is 8.54. The zero-order chi connectivity index (χ0) is 24.6. The third-order valence-corrected chi connectivity index (χ3v) is 6.41. The topological polar surface area (TPSA) is 84.9 Å². The third kappa shape index (κ3) is 6.74. The molecule has 0 aromatic heterocycles. The van der Waals surface area contributed by atoms with Crippen molar-refractivity contribution in [2.75, 3.05) is 30.8 Å². The number of carbonyl (C=O) groups is 1. The first-order valence-electron chi connectivity index (χ1n) is 11.0. The van der Waals surface area contributed by atoms with Crippen molar-refractivity contribution in [3.05, 3.63) is 89.5 Å². The number of aryl methyl sites for hydroxylation is 1. The van der Waals surface area contributed by atoms with Gasteiger partial charge in [-0.1, -0.05) is 43.3 Å². The van der Waals surface area contributed by atoms with Gasteiger partial charge in [-0.05, 0) is 53.9 Å². The number of methoxy groups -OCH3 is 1. The zero-order valence-electron chi connectivity index (χ0n) is 19.7. The molecule has 7 nitrogen and oxygen atoms in total. The van der Waals surface area contributed by atoms with Crippen molar-refractivity contribution < 1.29 is 22.7 Å². The van der Waals surface area contributed by atoms with E-state index in [9.17, 15) is 13.2 Å². The fourth-order valence-corrected chi connectivity index (χ4v) is 4.29. The monoisotopic (exact) mass is 482 g/mol. The summed E-state index contributed by atoms with van der Waals surface area (Å²) in [7, 11) is -2.06. The van der Waals surface area contributed by atoms with Gasteiger partial charge in [0.05, 0.1) is 32.1 Å². The normalized spacial score (nSPS) is 11.0. The molecule has 0 saturated carbocycles. The molecular weight excluding hydrogens is 452 g/mol. The molecule has 3 aromatic carbocycles. The molecule has 0 spiro atoms. The summed E-state index contributed by atoms with van der Waals surface area (Å²) in [6.07, 6.45) is 2.13. The molecule has 3 aromatic rings. The summed E-state index contributed by atoms with van der Waals surface area (Å²) in [6.45, 7) is 2.94. The lowest BCUT2D eigenvalue weighted by atomic mass is 10.1. The maximum Gasteiger partial charge on any atom is 0.251 e. The first-order valence-corrected chi connectivity index (χ1v) is 12.9. The maximum atomic E-state index is 12.5. The van der Waals surface area contributed by atoms with Crippen LogP contribution < -0.4 is 19.1 Å². The fourth-order valence-electron chi connectivity index (χ4n) is 3.40. The van der Waals surface area contributed by atoms with Gasteiger partial charge in [0.15, 0.2) is 0 Å². The lowest BCUT2D eigenvalue weighted by Gasteiger charge is -2.24. The number of rotatable bonds is 11. The molecule has 0 aliphatic heterocycles. The molecule has 8 heteroatoms. The number of hydrogen-bond donors (Lipinski definition) is 1. The van der Waals surface area contributed by atoms with E-state index in [2.05, 4.69) is 12.2 Å². The van der Waals surface area contributed by atoms with Gasteiger partial charge < -0.3 is 14.8 Å². The number of carbonyl (C=O) groups excluding carboxylic acids is 1. The maximum absolute atomic E-state index is 12.5. The van der Waals surface area contributed by atoms with Crippen LogP contribution in [-0.4, -0.2) is 40.8 Å². The molecule has 0 saturated heterocycles. The Labute approximate surface area is 201 Å². The van der Waals surface area contributed by atoms with Crippen LogP contribution in [0.4, 0.5) is 5.69 Å². The van der Waals surface area contributed by atoms with Crippen LogP contribution in [0.2, 0.25) is 0 Å². The van der Waals surface area contributed by atoms with Gasteiger partial charge in [-0.25, -0.2) is 8.42 Å². The highest BCUT2D eigenvalue weighted by molar-refractivity contribution is 7.92. The van der Waals surface area contributed by atoms with E-state index in [1.54, 1.807) is 48.5 Å². The highest BCUT2D eigenvalue weighted by atomic mass is 32.2. The summed E-state index contributed by atoms with van der Waals surface area (Å²) in [5.41, 5.74) is 2.93. The first-order chi connectivity index (χ1) is 16.3. The molecule has 0 bridgehead atoms. The van der Waals surface area contributed by atoms with Crippen molar-refractivity contribution in [3.8, 4) is 11.5 Å². The Hall–Kier alpha value is -3.52. The van der Waals surface area contributed by atoms with E-state index in [0.717, 1.165) is 24.0 Å². The number of nitrogens with one attached hydrogen (secondary N) is 1. The van der Waals surface area contributed by atoms with Crippen LogP contribution in [0.3, 0.4) is 0 Å². The number of nitrogens with zero attached hydrogens (tertiary/aromatic N) is 1. The highest BCUT2D eigenvalue weighted by Gasteiger charge is 2.21. The molecule has 0 radical (unpaired) electrons. The van der Waals surface area contributed by atoms with Crippen molar-refractivity contribution in [3.63, 3.8) is 0 Å². The van der Waals surface area contributed by atoms with E-state index in [1.165, 1.54) is 17.0 Å². The molecule has 3 rings (SSSR count). The summed E-state index contributed by atoms with van der Waals surface area (Å²) in [5, 5.41) is 2.83. The number of sulfonamides is 1. The predicted molar refractivity (Wildman–Crippen MR) is 134 cm³/mol. The van der Waals surface area contributed by atoms with Gasteiger partial charge >= 0.3 is 0 Å². The minimum atomic E-state index is -3.56. The van der Waals surface area contributed by atoms with Crippen LogP contribution in [0.5, 0.6) is 11.5 Å². The van der Waals surface area contributed by atoms with Crippen LogP contribution >= 0.6 is 0 Å². The summed E-state index contributed by atoms with van der Waals surface area (Å²) in [4.78, 5) is 12.4. The molecule has 0 aliphatic carbocycles. The zero-order valence-corrected chi connectivity index (χ0v) is 20.5. The third-order valence-electron chi connectivity index (χ3n) is 5.28. The molecule has 0 fully saturated rings. The lowest BCUT2D eigenvalue weighted by molar-refractivity contribution is 0.0947. The second-order valence-electron chi connectivity index (χ2n) is 7.74. The average Bonchev–Trinajstić information content (AvgIpc) is 2.85. The predicted octanol–water partition coefficient (Wildman–Crippen LogP) is 4.03. The van der Waals surface area contributed by atoms with E-state index in [1.807, 2.05) is 24.3 Å². The van der Waals surface area contributed by atoms with Crippen molar-refractivity contribution in [2.24, 2.45) is 0 Å². The molecule has 34 heavy (non-hydrogen) atoms. The van der Waals surface area contributed by atoms with Gasteiger partial charge in [0.1, 0.15) is 18.1 Å². The van der Waals surface area contributed by atoms with Gasteiger partial charge in [0.25, 0.3) is 5.91 Å². The smallest absolute Gasteiger partial charge is 0.251 e. The summed E-state index contributed by atoms with van der Waals surface area (Å²) < 4.78 is 37.2. The summed E-state index contributed by atoms with van der Waals surface area (Å²) in [6, 6.07) is 21.7. The van der Waals surface area contributed by atoms with E-state index in [4.69, 9.17) is 9.47 Å². The summed E-state index contributed by atoms with van der Waals surface area (Å²) in [5.74, 6) is 1.01. The molecule has 0 atom stereocenters. The minimum Gasteiger partial charge on any atom is -0.495 e. The van der Waals surface area contributed by atoms with Gasteiger partial charge in [-0.15, -0.1) is 0 Å². The fraction of sp³-hybridized carbons (Fsp3) is 0.269. The van der Waals surface area contributed by atoms with E-state index >= 15 is 0 Å². The second kappa shape index (κ2) is 11.6. The minimum absolute atomic E-state index is 0.117. The Balaban J connectivity index is 1.58. The van der Waals surface area contributed by atoms with Crippen LogP contribution in [0.15, 0.2) is 72.8 Å². The largest absolute Gasteiger partial charge is 0.495 e. The van der Waals surface area contributed by atoms with Crippen LogP contribution in [0.25, 0.3) is 0 Å². The standard InChI is InChI=1S/C26H30N2O5S/c1-4-20-11-15-23(16-12-20)33-18-17-27-26(29)22-13-9-21(10-14-22)19-28(34(3,30)31)24-7-5-6-8-25(24)32-2/h5-16H,4,17-19H2,1-3H3,(H,27,29). The van der Waals surface area contributed by atoms with Gasteiger partial charge in [0, 0.05) is 5.56 Å². The summed E-state index contributed by atoms with van der Waals surface area (Å²) >= 11 is 0. The number of para-hydroxylation sites is 2. The van der Waals surface area contributed by atoms with Crippen molar-refractivity contribution in [1.29, 1.82) is 0 Å². The van der Waals surface area contributed by atoms with Crippen molar-refractivity contribution >= 4 is 21.6 Å². The van der Waals surface area contributed by atoms with Gasteiger partial charge in [-0.2, -0.15) is 0 Å². The van der Waals surface area contributed by atoms with E-state index < -0.39 is 10.0 Å². The molecule has 0 aliphatic rings. The lowest BCUT2D eigenvalue weighted by Crippen LogP contribution is -2.30. The van der Waals surface area contributed by atoms with Crippen LogP contribution in [0, 0.1) is 0 Å². The number of benzene rings is 3. The quantitative estimate of drug-likeness (QED) is 0.417. The average molecular weight is 483 g/mol. The van der Waals surface area contributed by atoms with Crippen LogP contribution in [-0.2, 0) is 23.0 Å². The van der Waals surface area contributed by atoms with Crippen molar-refractivity contribution in [1.82, 2.24) is 5.32 Å². The van der Waals surface area contributed by atoms with E-state index in [0.29, 0.717) is 30.2 Å². The highest BCUT2D eigenvalue weighted by Crippen LogP contribution is 2.30. The molecule has 0 unspecified atom stereocenters. The SMILES string of the molecule is CCc1ccc(OCCNC(=O)c2ccc(CN(c3ccccc3OC)S(C)(=O)=O)cc2)cc1. The number of amides is 1. The number of hydrogen-bond acceptors (Lipinski definition) is 5. The molecule has 1 amide bonds. The van der Waals surface area contributed by atoms with Gasteiger partial charge in [-0.3, -0.25) is 9.10 Å². The Morgan fingerprint density at radius 1 is 0.941 bits per heavy atom. The Bertz CT molecular complexity index is 1190. The Morgan fingerprint density at radius 3 is 2.21 bits per heavy atom. The number of ether oxygens (including phenoxy) is 2. The number of anilines is 1. The molecule has 1 N–H and O–H groups in total. The molecule has 180 valence electrons. The second-order valence-corrected chi connectivity index (χ2v) is 9.65. The molecule has 0 heterocycles. The molecular formula is C26H30N2O5S.